The molecule has 2 N–H and O–H groups in total. The molecule has 174 valence electrons. The van der Waals surface area contributed by atoms with Crippen molar-refractivity contribution in [2.24, 2.45) is 0 Å². The number of alkyl halides is 3. The van der Waals surface area contributed by atoms with Crippen LogP contribution in [0.5, 0.6) is 0 Å². The number of hydrogen-bond donors (Lipinski definition) is 2. The largest absolute Gasteiger partial charge is 0.405 e. The topological polar surface area (TPSA) is 119 Å². The lowest BCUT2D eigenvalue weighted by atomic mass is 10.2. The van der Waals surface area contributed by atoms with Crippen molar-refractivity contribution in [1.29, 1.82) is 5.26 Å². The summed E-state index contributed by atoms with van der Waals surface area (Å²) in [5, 5.41) is 13.2. The van der Waals surface area contributed by atoms with E-state index in [-0.39, 0.29) is 22.1 Å². The lowest BCUT2D eigenvalue weighted by molar-refractivity contribution is -0.123. The van der Waals surface area contributed by atoms with Gasteiger partial charge >= 0.3 is 6.18 Å². The number of carbonyl (C=O) groups is 2. The Hall–Kier alpha value is -3.08. The SMILES string of the molecule is N#Cc1ccc(NC(=O)C2CSCN2S(=O)(=O)c2ccc(C(=O)NCC(F)(F)F)cc2)cc1. The van der Waals surface area contributed by atoms with Gasteiger partial charge in [-0.2, -0.15) is 22.7 Å². The standard InChI is InChI=1S/C20H17F3N4O4S2/c21-20(22,23)11-25-18(28)14-3-7-16(8-4-14)33(30,31)27-12-32-10-17(27)19(29)26-15-5-1-13(9-24)2-6-15/h1-8,17H,10-12H2,(H,25,28)(H,26,29). The average molecular weight is 499 g/mol. The molecule has 2 aromatic carbocycles. The van der Waals surface area contributed by atoms with Crippen LogP contribution < -0.4 is 10.6 Å². The second-order valence-electron chi connectivity index (χ2n) is 6.91. The van der Waals surface area contributed by atoms with Crippen molar-refractivity contribution in [2.45, 2.75) is 17.1 Å². The number of sulfonamides is 1. The van der Waals surface area contributed by atoms with Gasteiger partial charge in [-0.05, 0) is 48.5 Å². The van der Waals surface area contributed by atoms with E-state index in [9.17, 15) is 31.2 Å². The molecule has 8 nitrogen and oxygen atoms in total. The first-order valence-corrected chi connectivity index (χ1v) is 12.0. The Balaban J connectivity index is 1.72. The van der Waals surface area contributed by atoms with Crippen LogP contribution in [0.25, 0.3) is 0 Å². The zero-order chi connectivity index (χ0) is 24.2. The van der Waals surface area contributed by atoms with E-state index in [0.29, 0.717) is 11.3 Å². The van der Waals surface area contributed by atoms with Gasteiger partial charge in [0.1, 0.15) is 12.6 Å². The van der Waals surface area contributed by atoms with Crippen LogP contribution in [0.15, 0.2) is 53.4 Å². The molecule has 1 aliphatic heterocycles. The number of nitriles is 1. The number of thioether (sulfide) groups is 1. The zero-order valence-corrected chi connectivity index (χ0v) is 18.4. The maximum atomic E-state index is 13.1. The molecule has 0 bridgehead atoms. The summed E-state index contributed by atoms with van der Waals surface area (Å²) in [6, 6.07) is 11.5. The smallest absolute Gasteiger partial charge is 0.343 e. The molecule has 1 aliphatic rings. The predicted molar refractivity (Wildman–Crippen MR) is 115 cm³/mol. The van der Waals surface area contributed by atoms with E-state index in [0.717, 1.165) is 28.6 Å². The average Bonchev–Trinajstić information content (AvgIpc) is 3.29. The molecular weight excluding hydrogens is 481 g/mol. The van der Waals surface area contributed by atoms with Crippen LogP contribution in [0.2, 0.25) is 0 Å². The number of amides is 2. The molecule has 1 saturated heterocycles. The molecule has 1 heterocycles. The first-order chi connectivity index (χ1) is 15.5. The summed E-state index contributed by atoms with van der Waals surface area (Å²) in [7, 11) is -4.12. The van der Waals surface area contributed by atoms with Crippen molar-refractivity contribution in [1.82, 2.24) is 9.62 Å². The number of rotatable bonds is 6. The molecule has 1 atom stereocenters. The summed E-state index contributed by atoms with van der Waals surface area (Å²) in [4.78, 5) is 24.3. The third-order valence-electron chi connectivity index (χ3n) is 4.60. The van der Waals surface area contributed by atoms with Gasteiger partial charge in [0.05, 0.1) is 22.4 Å². The summed E-state index contributed by atoms with van der Waals surface area (Å²) < 4.78 is 63.9. The number of anilines is 1. The van der Waals surface area contributed by atoms with E-state index < -0.39 is 40.6 Å². The van der Waals surface area contributed by atoms with Crippen LogP contribution in [0, 0.1) is 11.3 Å². The fourth-order valence-corrected chi connectivity index (χ4v) is 6.07. The monoisotopic (exact) mass is 498 g/mol. The van der Waals surface area contributed by atoms with E-state index in [2.05, 4.69) is 5.32 Å². The summed E-state index contributed by atoms with van der Waals surface area (Å²) >= 11 is 1.25. The van der Waals surface area contributed by atoms with Crippen molar-refractivity contribution in [3.05, 3.63) is 59.7 Å². The van der Waals surface area contributed by atoms with E-state index >= 15 is 0 Å². The highest BCUT2D eigenvalue weighted by atomic mass is 32.2. The minimum atomic E-state index is -4.57. The third kappa shape index (κ3) is 6.04. The van der Waals surface area contributed by atoms with Crippen molar-refractivity contribution >= 4 is 39.3 Å². The summed E-state index contributed by atoms with van der Waals surface area (Å²) in [6.07, 6.45) is -4.57. The van der Waals surface area contributed by atoms with Gasteiger partial charge in [-0.15, -0.1) is 11.8 Å². The molecule has 0 radical (unpaired) electrons. The van der Waals surface area contributed by atoms with Crippen LogP contribution in [-0.2, 0) is 14.8 Å². The molecule has 0 spiro atoms. The fourth-order valence-electron chi connectivity index (χ4n) is 2.92. The number of halogens is 3. The Morgan fingerprint density at radius 3 is 2.33 bits per heavy atom. The first-order valence-electron chi connectivity index (χ1n) is 9.37. The molecular formula is C20H17F3N4O4S2. The van der Waals surface area contributed by atoms with E-state index in [1.54, 1.807) is 5.32 Å². The highest BCUT2D eigenvalue weighted by Crippen LogP contribution is 2.29. The van der Waals surface area contributed by atoms with E-state index in [4.69, 9.17) is 5.26 Å². The van der Waals surface area contributed by atoms with E-state index in [1.165, 1.54) is 36.0 Å². The number of hydrogen-bond acceptors (Lipinski definition) is 6. The number of carbonyl (C=O) groups excluding carboxylic acids is 2. The Morgan fingerprint density at radius 2 is 1.76 bits per heavy atom. The molecule has 0 aromatic heterocycles. The maximum absolute atomic E-state index is 13.1. The normalized spacial score (nSPS) is 16.7. The fraction of sp³-hybridized carbons (Fsp3) is 0.250. The predicted octanol–water partition coefficient (Wildman–Crippen LogP) is 2.55. The third-order valence-corrected chi connectivity index (χ3v) is 7.64. The summed E-state index contributed by atoms with van der Waals surface area (Å²) in [5.74, 6) is -1.29. The maximum Gasteiger partial charge on any atom is 0.405 e. The molecule has 0 aliphatic carbocycles. The van der Waals surface area contributed by atoms with Crippen LogP contribution in [0.3, 0.4) is 0 Å². The molecule has 2 aromatic rings. The number of nitrogens with one attached hydrogen (secondary N) is 2. The molecule has 13 heteroatoms. The van der Waals surface area contributed by atoms with Crippen molar-refractivity contribution in [3.8, 4) is 6.07 Å². The van der Waals surface area contributed by atoms with Crippen molar-refractivity contribution < 1.29 is 31.2 Å². The molecule has 1 unspecified atom stereocenters. The Kier molecular flexibility index (Phi) is 7.31. The molecule has 2 amide bonds. The van der Waals surface area contributed by atoms with Gasteiger partial charge in [0, 0.05) is 17.0 Å². The van der Waals surface area contributed by atoms with Crippen molar-refractivity contribution in [3.63, 3.8) is 0 Å². The molecule has 0 saturated carbocycles. The minimum absolute atomic E-state index is 0.0294. The van der Waals surface area contributed by atoms with Gasteiger partial charge < -0.3 is 10.6 Å². The second-order valence-corrected chi connectivity index (χ2v) is 9.80. The van der Waals surface area contributed by atoms with Gasteiger partial charge in [0.15, 0.2) is 0 Å². The van der Waals surface area contributed by atoms with Crippen LogP contribution in [0.1, 0.15) is 15.9 Å². The van der Waals surface area contributed by atoms with Crippen molar-refractivity contribution in [2.75, 3.05) is 23.5 Å². The van der Waals surface area contributed by atoms with Gasteiger partial charge in [-0.3, -0.25) is 9.59 Å². The summed E-state index contributed by atoms with van der Waals surface area (Å²) in [6.45, 7) is -1.51. The van der Waals surface area contributed by atoms with Crippen LogP contribution >= 0.6 is 11.8 Å². The van der Waals surface area contributed by atoms with E-state index in [1.807, 2.05) is 6.07 Å². The van der Waals surface area contributed by atoms with Gasteiger partial charge in [-0.1, -0.05) is 0 Å². The number of nitrogens with zero attached hydrogens (tertiary/aromatic N) is 2. The minimum Gasteiger partial charge on any atom is -0.343 e. The second kappa shape index (κ2) is 9.82. The van der Waals surface area contributed by atoms with Gasteiger partial charge in [-0.25, -0.2) is 8.42 Å². The van der Waals surface area contributed by atoms with Gasteiger partial charge in [0.2, 0.25) is 15.9 Å². The Morgan fingerprint density at radius 1 is 1.12 bits per heavy atom. The zero-order valence-electron chi connectivity index (χ0n) is 16.8. The first kappa shape index (κ1) is 24.6. The molecule has 33 heavy (non-hydrogen) atoms. The van der Waals surface area contributed by atoms with Crippen LogP contribution in [0.4, 0.5) is 18.9 Å². The Labute approximate surface area is 191 Å². The van der Waals surface area contributed by atoms with Gasteiger partial charge in [0.25, 0.3) is 5.91 Å². The quantitative estimate of drug-likeness (QED) is 0.632. The highest BCUT2D eigenvalue weighted by Gasteiger charge is 2.40. The lowest BCUT2D eigenvalue weighted by Crippen LogP contribution is -2.44. The molecule has 1 fully saturated rings. The lowest BCUT2D eigenvalue weighted by Gasteiger charge is -2.22. The van der Waals surface area contributed by atoms with Crippen LogP contribution in [-0.4, -0.2) is 54.9 Å². The molecule has 3 rings (SSSR count). The highest BCUT2D eigenvalue weighted by molar-refractivity contribution is 8.00. The number of benzene rings is 2. The Bertz CT molecular complexity index is 1180. The summed E-state index contributed by atoms with van der Waals surface area (Å²) in [5.41, 5.74) is 0.677.